The van der Waals surface area contributed by atoms with Crippen LogP contribution in [0.1, 0.15) is 54.6 Å². The van der Waals surface area contributed by atoms with Crippen molar-refractivity contribution in [2.45, 2.75) is 39.2 Å². The van der Waals surface area contributed by atoms with E-state index in [-0.39, 0.29) is 17.8 Å². The molecule has 0 spiro atoms. The summed E-state index contributed by atoms with van der Waals surface area (Å²) in [5.74, 6) is 0.360. The minimum Gasteiger partial charge on any atom is -0.493 e. The van der Waals surface area contributed by atoms with Gasteiger partial charge in [-0.15, -0.1) is 0 Å². The Morgan fingerprint density at radius 3 is 2.64 bits per heavy atom. The number of rotatable bonds is 6. The molecule has 172 valence electrons. The fraction of sp³-hybridized carbons (Fsp3) is 0.375. The van der Waals surface area contributed by atoms with Crippen LogP contribution in [0.3, 0.4) is 0 Å². The molecule has 1 fully saturated rings. The van der Waals surface area contributed by atoms with E-state index in [4.69, 9.17) is 4.74 Å². The molecule has 1 saturated heterocycles. The molecule has 1 aliphatic heterocycles. The van der Waals surface area contributed by atoms with Crippen molar-refractivity contribution >= 4 is 11.6 Å². The second-order valence-electron chi connectivity index (χ2n) is 7.94. The van der Waals surface area contributed by atoms with Gasteiger partial charge >= 0.3 is 0 Å². The average molecular weight is 449 g/mol. The highest BCUT2D eigenvalue weighted by Crippen LogP contribution is 2.31. The minimum absolute atomic E-state index is 0.0770. The number of aromatic hydroxyl groups is 1. The number of piperidine rings is 1. The van der Waals surface area contributed by atoms with Crippen molar-refractivity contribution in [2.24, 2.45) is 4.99 Å². The molecule has 9 heteroatoms. The van der Waals surface area contributed by atoms with E-state index in [1.165, 1.54) is 17.1 Å². The second kappa shape index (κ2) is 9.81. The largest absolute Gasteiger partial charge is 0.493 e. The molecule has 1 aromatic carbocycles. The average Bonchev–Trinajstić information content (AvgIpc) is 3.35. The summed E-state index contributed by atoms with van der Waals surface area (Å²) in [5.41, 5.74) is 2.91. The molecule has 3 heterocycles. The molecule has 2 aromatic heterocycles. The number of likely N-dealkylation sites (tertiary alicyclic amines) is 1. The maximum atomic E-state index is 13.8. The summed E-state index contributed by atoms with van der Waals surface area (Å²) in [7, 11) is 1.67. The van der Waals surface area contributed by atoms with Gasteiger partial charge in [0.2, 0.25) is 5.88 Å². The summed E-state index contributed by atoms with van der Waals surface area (Å²) in [6.45, 7) is 5.11. The molecular formula is C24H28N6O3. The predicted molar refractivity (Wildman–Crippen MR) is 124 cm³/mol. The van der Waals surface area contributed by atoms with E-state index in [2.05, 4.69) is 27.1 Å². The zero-order chi connectivity index (χ0) is 23.4. The minimum atomic E-state index is -0.109. The number of carbonyl (C=O) groups is 1. The van der Waals surface area contributed by atoms with E-state index >= 15 is 0 Å². The Morgan fingerprint density at radius 2 is 1.97 bits per heavy atom. The SMILES string of the molecule is CCOc1cc(-n2nccn2)c(C(=O)N2CCCC[C@H]2C)cc1/C(=N/C)c1ccnc(O)c1. The standard InChI is InChI=1S/C24H28N6O3/c1-4-33-21-15-20(30-27-10-11-28-30)18(24(32)29-12-6-5-7-16(29)2)14-19(21)23(25-3)17-8-9-26-22(31)13-17/h8-11,13-16H,4-7,12H2,1-3H3,(H,26,31)/b25-23+/t16-/m1/s1. The summed E-state index contributed by atoms with van der Waals surface area (Å²) < 4.78 is 5.96. The molecule has 1 atom stereocenters. The lowest BCUT2D eigenvalue weighted by Gasteiger charge is -2.34. The normalized spacial score (nSPS) is 16.6. The van der Waals surface area contributed by atoms with Gasteiger partial charge in [0.15, 0.2) is 0 Å². The lowest BCUT2D eigenvalue weighted by molar-refractivity contribution is 0.0635. The van der Waals surface area contributed by atoms with Gasteiger partial charge in [-0.25, -0.2) is 4.98 Å². The zero-order valence-corrected chi connectivity index (χ0v) is 19.1. The van der Waals surface area contributed by atoms with Gasteiger partial charge in [-0.2, -0.15) is 15.0 Å². The topological polar surface area (TPSA) is 106 Å². The molecule has 1 amide bonds. The Hall–Kier alpha value is -3.75. The van der Waals surface area contributed by atoms with Crippen LogP contribution < -0.4 is 4.74 Å². The monoisotopic (exact) mass is 448 g/mol. The van der Waals surface area contributed by atoms with Crippen LogP contribution in [0.15, 0.2) is 47.8 Å². The van der Waals surface area contributed by atoms with Gasteiger partial charge in [0.25, 0.3) is 5.91 Å². The molecule has 0 aliphatic carbocycles. The number of benzene rings is 1. The van der Waals surface area contributed by atoms with E-state index < -0.39 is 0 Å². The molecule has 0 unspecified atom stereocenters. The van der Waals surface area contributed by atoms with Crippen LogP contribution >= 0.6 is 0 Å². The highest BCUT2D eigenvalue weighted by molar-refractivity contribution is 6.16. The van der Waals surface area contributed by atoms with Crippen molar-refractivity contribution in [1.29, 1.82) is 0 Å². The van der Waals surface area contributed by atoms with Crippen LogP contribution in [0.2, 0.25) is 0 Å². The maximum Gasteiger partial charge on any atom is 0.256 e. The molecule has 33 heavy (non-hydrogen) atoms. The molecule has 1 aliphatic rings. The van der Waals surface area contributed by atoms with Crippen molar-refractivity contribution in [2.75, 3.05) is 20.2 Å². The van der Waals surface area contributed by atoms with E-state index in [0.29, 0.717) is 47.0 Å². The first-order valence-electron chi connectivity index (χ1n) is 11.1. The Balaban J connectivity index is 1.91. The predicted octanol–water partition coefficient (Wildman–Crippen LogP) is 3.25. The number of hydrogen-bond acceptors (Lipinski definition) is 7. The van der Waals surface area contributed by atoms with E-state index in [9.17, 15) is 9.90 Å². The van der Waals surface area contributed by atoms with Gasteiger partial charge in [0, 0.05) is 49.1 Å². The Morgan fingerprint density at radius 1 is 1.18 bits per heavy atom. The number of ether oxygens (including phenoxy) is 1. The zero-order valence-electron chi connectivity index (χ0n) is 19.1. The van der Waals surface area contributed by atoms with Crippen molar-refractivity contribution < 1.29 is 14.6 Å². The summed E-state index contributed by atoms with van der Waals surface area (Å²) in [6, 6.07) is 7.03. The first-order valence-corrected chi connectivity index (χ1v) is 11.1. The smallest absolute Gasteiger partial charge is 0.256 e. The third-order valence-electron chi connectivity index (χ3n) is 5.82. The van der Waals surface area contributed by atoms with Gasteiger partial charge in [0.05, 0.1) is 30.3 Å². The number of aliphatic imine (C=N–C) groups is 1. The first-order chi connectivity index (χ1) is 16.0. The van der Waals surface area contributed by atoms with E-state index in [0.717, 1.165) is 19.3 Å². The number of pyridine rings is 1. The van der Waals surface area contributed by atoms with Crippen LogP contribution in [0.4, 0.5) is 0 Å². The number of amides is 1. The molecule has 0 bridgehead atoms. The lowest BCUT2D eigenvalue weighted by atomic mass is 9.96. The summed E-state index contributed by atoms with van der Waals surface area (Å²) in [6.07, 6.45) is 7.73. The van der Waals surface area contributed by atoms with Crippen LogP contribution in [0.25, 0.3) is 5.69 Å². The Labute approximate surface area is 192 Å². The fourth-order valence-electron chi connectivity index (χ4n) is 4.23. The van der Waals surface area contributed by atoms with E-state index in [1.807, 2.05) is 11.8 Å². The third-order valence-corrected chi connectivity index (χ3v) is 5.82. The van der Waals surface area contributed by atoms with Gasteiger partial charge in [-0.1, -0.05) is 0 Å². The molecule has 0 radical (unpaired) electrons. The molecule has 3 aromatic rings. The van der Waals surface area contributed by atoms with Gasteiger partial charge < -0.3 is 14.7 Å². The third kappa shape index (κ3) is 4.57. The Bertz CT molecular complexity index is 1160. The summed E-state index contributed by atoms with van der Waals surface area (Å²) in [4.78, 5) is 25.5. The fourth-order valence-corrected chi connectivity index (χ4v) is 4.23. The quantitative estimate of drug-likeness (QED) is 0.581. The van der Waals surface area contributed by atoms with Gasteiger partial charge in [-0.3, -0.25) is 9.79 Å². The summed E-state index contributed by atoms with van der Waals surface area (Å²) >= 11 is 0. The highest BCUT2D eigenvalue weighted by atomic mass is 16.5. The number of aromatic nitrogens is 4. The van der Waals surface area contributed by atoms with Crippen molar-refractivity contribution in [3.63, 3.8) is 0 Å². The molecule has 0 saturated carbocycles. The molecule has 4 rings (SSSR count). The Kier molecular flexibility index (Phi) is 6.67. The first kappa shape index (κ1) is 22.4. The van der Waals surface area contributed by atoms with Crippen LogP contribution in [-0.2, 0) is 0 Å². The van der Waals surface area contributed by atoms with Crippen molar-refractivity contribution in [1.82, 2.24) is 24.9 Å². The van der Waals surface area contributed by atoms with Gasteiger partial charge in [0.1, 0.15) is 11.4 Å². The molecular weight excluding hydrogens is 420 g/mol. The van der Waals surface area contributed by atoms with Crippen LogP contribution in [-0.4, -0.2) is 67.8 Å². The molecule has 9 nitrogen and oxygen atoms in total. The lowest BCUT2D eigenvalue weighted by Crippen LogP contribution is -2.42. The second-order valence-corrected chi connectivity index (χ2v) is 7.94. The van der Waals surface area contributed by atoms with Gasteiger partial charge in [-0.05, 0) is 45.2 Å². The maximum absolute atomic E-state index is 13.8. The number of carbonyl (C=O) groups excluding carboxylic acids is 1. The number of nitrogens with zero attached hydrogens (tertiary/aromatic N) is 6. The summed E-state index contributed by atoms with van der Waals surface area (Å²) in [5, 5.41) is 18.4. The van der Waals surface area contributed by atoms with Crippen molar-refractivity contribution in [3.05, 3.63) is 59.5 Å². The van der Waals surface area contributed by atoms with Crippen LogP contribution in [0.5, 0.6) is 11.6 Å². The van der Waals surface area contributed by atoms with Crippen molar-refractivity contribution in [3.8, 4) is 17.3 Å². The highest BCUT2D eigenvalue weighted by Gasteiger charge is 2.29. The number of hydrogen-bond donors (Lipinski definition) is 1. The van der Waals surface area contributed by atoms with Crippen LogP contribution in [0, 0.1) is 0 Å². The molecule has 1 N–H and O–H groups in total. The van der Waals surface area contributed by atoms with E-state index in [1.54, 1.807) is 37.6 Å².